The number of aromatic hydroxyl groups is 1. The van der Waals surface area contributed by atoms with Gasteiger partial charge in [0.1, 0.15) is 11.8 Å². The Morgan fingerprint density at radius 3 is 2.63 bits per heavy atom. The third-order valence-electron chi connectivity index (χ3n) is 2.81. The molecular weight excluding hydrogens is 252 g/mol. The van der Waals surface area contributed by atoms with Crippen molar-refractivity contribution in [3.05, 3.63) is 23.8 Å². The highest BCUT2D eigenvalue weighted by Crippen LogP contribution is 2.25. The Morgan fingerprint density at radius 1 is 1.37 bits per heavy atom. The van der Waals surface area contributed by atoms with Gasteiger partial charge < -0.3 is 20.8 Å². The van der Waals surface area contributed by atoms with Crippen molar-refractivity contribution in [3.8, 4) is 5.75 Å². The predicted octanol–water partition coefficient (Wildman–Crippen LogP) is 0.308. The molecule has 0 saturated carbocycles. The molecule has 0 radical (unpaired) electrons. The van der Waals surface area contributed by atoms with E-state index in [4.69, 9.17) is 5.11 Å². The maximum Gasteiger partial charge on any atom is 0.335 e. The summed E-state index contributed by atoms with van der Waals surface area (Å²) in [5.74, 6) is -2.14. The predicted molar refractivity (Wildman–Crippen MR) is 64.9 cm³/mol. The van der Waals surface area contributed by atoms with Crippen LogP contribution in [0.4, 0.5) is 5.69 Å². The highest BCUT2D eigenvalue weighted by atomic mass is 16.4. The molecule has 0 unspecified atom stereocenters. The van der Waals surface area contributed by atoms with E-state index in [2.05, 4.69) is 10.6 Å². The molecule has 19 heavy (non-hydrogen) atoms. The maximum absolute atomic E-state index is 11.8. The number of carboxylic acid groups (broad SMARTS) is 1. The lowest BCUT2D eigenvalue weighted by molar-refractivity contribution is -0.122. The van der Waals surface area contributed by atoms with Crippen LogP contribution in [0.1, 0.15) is 23.2 Å². The van der Waals surface area contributed by atoms with Crippen molar-refractivity contribution in [1.82, 2.24) is 5.32 Å². The summed E-state index contributed by atoms with van der Waals surface area (Å²) < 4.78 is 0. The molecule has 1 aliphatic heterocycles. The lowest BCUT2D eigenvalue weighted by Crippen LogP contribution is -2.37. The van der Waals surface area contributed by atoms with Crippen molar-refractivity contribution >= 4 is 23.5 Å². The maximum atomic E-state index is 11.8. The Balaban J connectivity index is 2.09. The van der Waals surface area contributed by atoms with E-state index in [0.717, 1.165) is 6.07 Å². The summed E-state index contributed by atoms with van der Waals surface area (Å²) in [5.41, 5.74) is 0.0285. The number of hydrogen-bond acceptors (Lipinski definition) is 4. The van der Waals surface area contributed by atoms with Crippen LogP contribution in [0.15, 0.2) is 18.2 Å². The van der Waals surface area contributed by atoms with E-state index in [-0.39, 0.29) is 22.9 Å². The Morgan fingerprint density at radius 2 is 2.11 bits per heavy atom. The summed E-state index contributed by atoms with van der Waals surface area (Å²) in [6.45, 7) is 0. The smallest absolute Gasteiger partial charge is 0.335 e. The number of nitrogens with one attached hydrogen (secondary N) is 2. The Labute approximate surface area is 108 Å². The summed E-state index contributed by atoms with van der Waals surface area (Å²) >= 11 is 0. The molecule has 1 atom stereocenters. The number of carbonyl (C=O) groups is 3. The van der Waals surface area contributed by atoms with Gasteiger partial charge in [-0.1, -0.05) is 0 Å². The molecule has 100 valence electrons. The van der Waals surface area contributed by atoms with Gasteiger partial charge in [0.2, 0.25) is 11.8 Å². The minimum atomic E-state index is -1.17. The number of phenols is 1. The van der Waals surface area contributed by atoms with Gasteiger partial charge in [0.25, 0.3) is 0 Å². The molecular formula is C12H12N2O5. The van der Waals surface area contributed by atoms with Gasteiger partial charge in [-0.05, 0) is 24.6 Å². The molecule has 0 bridgehead atoms. The van der Waals surface area contributed by atoms with Crippen LogP contribution in [0.3, 0.4) is 0 Å². The molecule has 1 aromatic rings. The van der Waals surface area contributed by atoms with Crippen LogP contribution in [-0.4, -0.2) is 34.0 Å². The molecule has 2 amide bonds. The van der Waals surface area contributed by atoms with Crippen molar-refractivity contribution < 1.29 is 24.6 Å². The van der Waals surface area contributed by atoms with E-state index in [1.807, 2.05) is 0 Å². The molecule has 7 heteroatoms. The van der Waals surface area contributed by atoms with E-state index in [9.17, 15) is 19.5 Å². The van der Waals surface area contributed by atoms with Gasteiger partial charge >= 0.3 is 5.97 Å². The van der Waals surface area contributed by atoms with Gasteiger partial charge in [-0.3, -0.25) is 9.59 Å². The molecule has 4 N–H and O–H groups in total. The first-order chi connectivity index (χ1) is 8.97. The van der Waals surface area contributed by atoms with E-state index in [0.29, 0.717) is 12.8 Å². The van der Waals surface area contributed by atoms with Crippen LogP contribution in [0.25, 0.3) is 0 Å². The Hall–Kier alpha value is -2.57. The zero-order valence-electron chi connectivity index (χ0n) is 9.84. The molecule has 1 aromatic carbocycles. The molecule has 1 heterocycles. The van der Waals surface area contributed by atoms with Crippen LogP contribution in [-0.2, 0) is 9.59 Å². The molecule has 1 aliphatic rings. The first-order valence-electron chi connectivity index (χ1n) is 5.64. The molecule has 1 saturated heterocycles. The van der Waals surface area contributed by atoms with Gasteiger partial charge in [0.15, 0.2) is 0 Å². The summed E-state index contributed by atoms with van der Waals surface area (Å²) in [4.78, 5) is 33.5. The van der Waals surface area contributed by atoms with Gasteiger partial charge in [0, 0.05) is 6.42 Å². The number of phenolic OH excluding ortho intramolecular Hbond substituents is 1. The molecule has 2 rings (SSSR count). The normalized spacial score (nSPS) is 17.9. The zero-order valence-corrected chi connectivity index (χ0v) is 9.84. The number of carbonyl (C=O) groups excluding carboxylic acids is 2. The van der Waals surface area contributed by atoms with Crippen molar-refractivity contribution in [2.45, 2.75) is 18.9 Å². The van der Waals surface area contributed by atoms with Crippen molar-refractivity contribution in [2.24, 2.45) is 0 Å². The average Bonchev–Trinajstić information content (AvgIpc) is 2.78. The fourth-order valence-corrected chi connectivity index (χ4v) is 1.80. The Bertz CT molecular complexity index is 555. The van der Waals surface area contributed by atoms with Crippen molar-refractivity contribution in [3.63, 3.8) is 0 Å². The third-order valence-corrected chi connectivity index (χ3v) is 2.81. The van der Waals surface area contributed by atoms with E-state index in [1.54, 1.807) is 0 Å². The van der Waals surface area contributed by atoms with Gasteiger partial charge in [-0.25, -0.2) is 4.79 Å². The van der Waals surface area contributed by atoms with E-state index < -0.39 is 17.9 Å². The SMILES string of the molecule is O=C1CC[C@@H](C(=O)Nc2ccc(C(=O)O)cc2O)N1. The van der Waals surface area contributed by atoms with Crippen molar-refractivity contribution in [1.29, 1.82) is 0 Å². The lowest BCUT2D eigenvalue weighted by Gasteiger charge is -2.12. The molecule has 1 fully saturated rings. The van der Waals surface area contributed by atoms with Crippen LogP contribution >= 0.6 is 0 Å². The molecule has 7 nitrogen and oxygen atoms in total. The Kier molecular flexibility index (Phi) is 3.37. The third kappa shape index (κ3) is 2.82. The summed E-state index contributed by atoms with van der Waals surface area (Å²) in [6.07, 6.45) is 0.695. The van der Waals surface area contributed by atoms with E-state index in [1.165, 1.54) is 12.1 Å². The second-order valence-corrected chi connectivity index (χ2v) is 4.19. The van der Waals surface area contributed by atoms with Crippen molar-refractivity contribution in [2.75, 3.05) is 5.32 Å². The quantitative estimate of drug-likeness (QED) is 0.586. The van der Waals surface area contributed by atoms with E-state index >= 15 is 0 Å². The van der Waals surface area contributed by atoms with Gasteiger partial charge in [0.05, 0.1) is 11.3 Å². The largest absolute Gasteiger partial charge is 0.506 e. The standard InChI is InChI=1S/C12H12N2O5/c15-9-5-6(12(18)19)1-2-7(9)14-11(17)8-3-4-10(16)13-8/h1-2,5,8,15H,3-4H2,(H,13,16)(H,14,17)(H,18,19)/t8-/m0/s1. The monoisotopic (exact) mass is 264 g/mol. The minimum absolute atomic E-state index is 0.0790. The number of rotatable bonds is 3. The second kappa shape index (κ2) is 4.97. The van der Waals surface area contributed by atoms with Crippen LogP contribution in [0, 0.1) is 0 Å². The summed E-state index contributed by atoms with van der Waals surface area (Å²) in [5, 5.41) is 23.3. The first-order valence-corrected chi connectivity index (χ1v) is 5.64. The fourth-order valence-electron chi connectivity index (χ4n) is 1.80. The fraction of sp³-hybridized carbons (Fsp3) is 0.250. The van der Waals surface area contributed by atoms with Crippen LogP contribution < -0.4 is 10.6 Å². The average molecular weight is 264 g/mol. The highest BCUT2D eigenvalue weighted by Gasteiger charge is 2.27. The van der Waals surface area contributed by atoms with Crippen LogP contribution in [0.2, 0.25) is 0 Å². The number of benzene rings is 1. The molecule has 0 aliphatic carbocycles. The highest BCUT2D eigenvalue weighted by molar-refractivity contribution is 6.00. The van der Waals surface area contributed by atoms with Crippen LogP contribution in [0.5, 0.6) is 5.75 Å². The zero-order chi connectivity index (χ0) is 14.0. The summed E-state index contributed by atoms with van der Waals surface area (Å²) in [6, 6.07) is 3.00. The van der Waals surface area contributed by atoms with Gasteiger partial charge in [-0.2, -0.15) is 0 Å². The number of anilines is 1. The second-order valence-electron chi connectivity index (χ2n) is 4.19. The number of hydrogen-bond donors (Lipinski definition) is 4. The molecule has 0 aromatic heterocycles. The first kappa shape index (κ1) is 12.9. The molecule has 0 spiro atoms. The number of amides is 2. The van der Waals surface area contributed by atoms with Gasteiger partial charge in [-0.15, -0.1) is 0 Å². The summed E-state index contributed by atoms with van der Waals surface area (Å²) in [7, 11) is 0. The lowest BCUT2D eigenvalue weighted by atomic mass is 10.1. The minimum Gasteiger partial charge on any atom is -0.506 e. The topological polar surface area (TPSA) is 116 Å². The number of carboxylic acids is 1. The number of aromatic carboxylic acids is 1.